The van der Waals surface area contributed by atoms with Crippen molar-refractivity contribution in [3.63, 3.8) is 0 Å². The second kappa shape index (κ2) is 11.1. The molecule has 0 radical (unpaired) electrons. The van der Waals surface area contributed by atoms with E-state index in [1.807, 2.05) is 0 Å². The molecule has 0 aliphatic heterocycles. The lowest BCUT2D eigenvalue weighted by atomic mass is 9.71. The number of amides is 2. The molecular formula is C27H36N2O2. The van der Waals surface area contributed by atoms with Gasteiger partial charge in [-0.05, 0) is 47.9 Å². The highest BCUT2D eigenvalue weighted by molar-refractivity contribution is 5.83. The molecule has 2 aromatic rings. The molecule has 2 amide bonds. The van der Waals surface area contributed by atoms with Gasteiger partial charge in [0.25, 0.3) is 0 Å². The van der Waals surface area contributed by atoms with Crippen molar-refractivity contribution in [3.8, 4) is 11.1 Å². The van der Waals surface area contributed by atoms with Gasteiger partial charge in [0.1, 0.15) is 0 Å². The summed E-state index contributed by atoms with van der Waals surface area (Å²) in [7, 11) is 0. The predicted octanol–water partition coefficient (Wildman–Crippen LogP) is 5.35. The summed E-state index contributed by atoms with van der Waals surface area (Å²) < 4.78 is 0. The Morgan fingerprint density at radius 2 is 1.13 bits per heavy atom. The van der Waals surface area contributed by atoms with E-state index in [0.717, 1.165) is 38.8 Å². The molecule has 0 bridgehead atoms. The third kappa shape index (κ3) is 5.36. The molecule has 0 saturated heterocycles. The van der Waals surface area contributed by atoms with Crippen LogP contribution in [0.25, 0.3) is 11.1 Å². The highest BCUT2D eigenvalue weighted by atomic mass is 16.2. The van der Waals surface area contributed by atoms with Gasteiger partial charge >= 0.3 is 0 Å². The van der Waals surface area contributed by atoms with Gasteiger partial charge in [-0.2, -0.15) is 0 Å². The van der Waals surface area contributed by atoms with E-state index in [-0.39, 0.29) is 17.2 Å². The summed E-state index contributed by atoms with van der Waals surface area (Å²) in [4.78, 5) is 25.1. The molecule has 0 unspecified atom stereocenters. The molecule has 2 N–H and O–H groups in total. The van der Waals surface area contributed by atoms with E-state index in [1.54, 1.807) is 0 Å². The monoisotopic (exact) mass is 420 g/mol. The first-order chi connectivity index (χ1) is 15.1. The predicted molar refractivity (Wildman–Crippen MR) is 127 cm³/mol. The van der Waals surface area contributed by atoms with Crippen molar-refractivity contribution in [2.45, 2.75) is 70.6 Å². The minimum Gasteiger partial charge on any atom is -0.356 e. The van der Waals surface area contributed by atoms with Crippen LogP contribution in [-0.4, -0.2) is 24.9 Å². The second-order valence-electron chi connectivity index (χ2n) is 8.58. The number of hydrogen-bond donors (Lipinski definition) is 2. The molecule has 4 heteroatoms. The van der Waals surface area contributed by atoms with E-state index in [4.69, 9.17) is 0 Å². The van der Waals surface area contributed by atoms with Crippen molar-refractivity contribution in [2.75, 3.05) is 13.1 Å². The molecule has 0 saturated carbocycles. The average Bonchev–Trinajstić information content (AvgIpc) is 3.07. The summed E-state index contributed by atoms with van der Waals surface area (Å²) >= 11 is 0. The number of nitrogens with one attached hydrogen (secondary N) is 2. The average molecular weight is 421 g/mol. The standard InChI is InChI=1S/C27H36N2O2/c1-3-5-19-28-25(30)15-17-27(18-16-26(31)29-20-6-4-2)23-13-9-7-11-21(23)22-12-8-10-14-24(22)27/h7-14H,3-6,15-20H2,1-2H3,(H,28,30)(H,29,31). The summed E-state index contributed by atoms with van der Waals surface area (Å²) in [5.74, 6) is 0.198. The van der Waals surface area contributed by atoms with Crippen molar-refractivity contribution >= 4 is 11.8 Å². The summed E-state index contributed by atoms with van der Waals surface area (Å²) in [5.41, 5.74) is 4.65. The topological polar surface area (TPSA) is 58.2 Å². The minimum atomic E-state index is -0.308. The van der Waals surface area contributed by atoms with Crippen molar-refractivity contribution in [1.82, 2.24) is 10.6 Å². The van der Waals surface area contributed by atoms with Crippen LogP contribution in [0, 0.1) is 0 Å². The molecule has 0 spiro atoms. The fourth-order valence-corrected chi connectivity index (χ4v) is 4.72. The highest BCUT2D eigenvalue weighted by Gasteiger charge is 2.42. The maximum Gasteiger partial charge on any atom is 0.220 e. The first-order valence-corrected chi connectivity index (χ1v) is 11.8. The molecule has 0 aromatic heterocycles. The number of carbonyl (C=O) groups is 2. The first kappa shape index (κ1) is 23.1. The lowest BCUT2D eigenvalue weighted by Crippen LogP contribution is -2.32. The fourth-order valence-electron chi connectivity index (χ4n) is 4.72. The van der Waals surface area contributed by atoms with Gasteiger partial charge in [-0.3, -0.25) is 9.59 Å². The maximum absolute atomic E-state index is 12.6. The normalized spacial score (nSPS) is 13.4. The molecule has 0 heterocycles. The van der Waals surface area contributed by atoms with Gasteiger partial charge in [0.2, 0.25) is 11.8 Å². The van der Waals surface area contributed by atoms with Crippen LogP contribution >= 0.6 is 0 Å². The summed E-state index contributed by atoms with van der Waals surface area (Å²) in [6, 6.07) is 17.0. The van der Waals surface area contributed by atoms with Gasteiger partial charge in [-0.25, -0.2) is 0 Å². The fraction of sp³-hybridized carbons (Fsp3) is 0.481. The SMILES string of the molecule is CCCCNC(=O)CCC1(CCC(=O)NCCCC)c2ccccc2-c2ccccc21. The van der Waals surface area contributed by atoms with Crippen LogP contribution in [0.4, 0.5) is 0 Å². The van der Waals surface area contributed by atoms with E-state index in [2.05, 4.69) is 73.0 Å². The zero-order valence-corrected chi connectivity index (χ0v) is 19.0. The molecule has 166 valence electrons. The molecular weight excluding hydrogens is 384 g/mol. The van der Waals surface area contributed by atoms with E-state index in [0.29, 0.717) is 25.7 Å². The van der Waals surface area contributed by atoms with Gasteiger partial charge in [0.15, 0.2) is 0 Å². The Balaban J connectivity index is 1.85. The van der Waals surface area contributed by atoms with Crippen molar-refractivity contribution in [1.29, 1.82) is 0 Å². The smallest absolute Gasteiger partial charge is 0.220 e. The molecule has 4 nitrogen and oxygen atoms in total. The van der Waals surface area contributed by atoms with Gasteiger partial charge < -0.3 is 10.6 Å². The number of benzene rings is 2. The number of carbonyl (C=O) groups excluding carboxylic acids is 2. The molecule has 1 aliphatic carbocycles. The quantitative estimate of drug-likeness (QED) is 0.455. The lowest BCUT2D eigenvalue weighted by molar-refractivity contribution is -0.121. The molecule has 31 heavy (non-hydrogen) atoms. The summed E-state index contributed by atoms with van der Waals surface area (Å²) in [5, 5.41) is 6.11. The van der Waals surface area contributed by atoms with E-state index in [1.165, 1.54) is 22.3 Å². The molecule has 1 aliphatic rings. The van der Waals surface area contributed by atoms with Gasteiger partial charge in [0, 0.05) is 31.3 Å². The van der Waals surface area contributed by atoms with E-state index in [9.17, 15) is 9.59 Å². The Labute approximate surface area is 186 Å². The van der Waals surface area contributed by atoms with Crippen molar-refractivity contribution in [2.24, 2.45) is 0 Å². The molecule has 2 aromatic carbocycles. The Bertz CT molecular complexity index is 817. The van der Waals surface area contributed by atoms with E-state index >= 15 is 0 Å². The number of hydrogen-bond acceptors (Lipinski definition) is 2. The molecule has 3 rings (SSSR count). The van der Waals surface area contributed by atoms with Gasteiger partial charge in [-0.15, -0.1) is 0 Å². The lowest BCUT2D eigenvalue weighted by Gasteiger charge is -2.32. The second-order valence-corrected chi connectivity index (χ2v) is 8.58. The third-order valence-corrected chi connectivity index (χ3v) is 6.44. The Hall–Kier alpha value is -2.62. The Kier molecular flexibility index (Phi) is 8.27. The van der Waals surface area contributed by atoms with Crippen LogP contribution in [0.1, 0.15) is 76.3 Å². The minimum absolute atomic E-state index is 0.0992. The van der Waals surface area contributed by atoms with Crippen LogP contribution in [-0.2, 0) is 15.0 Å². The van der Waals surface area contributed by atoms with Gasteiger partial charge in [-0.1, -0.05) is 75.2 Å². The van der Waals surface area contributed by atoms with Crippen LogP contribution in [0.2, 0.25) is 0 Å². The first-order valence-electron chi connectivity index (χ1n) is 11.8. The van der Waals surface area contributed by atoms with Crippen molar-refractivity contribution in [3.05, 3.63) is 59.7 Å². The van der Waals surface area contributed by atoms with Gasteiger partial charge in [0.05, 0.1) is 0 Å². The van der Waals surface area contributed by atoms with Crippen LogP contribution in [0.3, 0.4) is 0 Å². The Morgan fingerprint density at radius 1 is 0.710 bits per heavy atom. The number of unbranched alkanes of at least 4 members (excludes halogenated alkanes) is 2. The van der Waals surface area contributed by atoms with Crippen LogP contribution < -0.4 is 10.6 Å². The number of fused-ring (bicyclic) bond motifs is 3. The van der Waals surface area contributed by atoms with Crippen LogP contribution in [0.5, 0.6) is 0 Å². The summed E-state index contributed by atoms with van der Waals surface area (Å²) in [6.07, 6.45) is 6.48. The zero-order chi connectivity index (χ0) is 22.1. The van der Waals surface area contributed by atoms with Crippen molar-refractivity contribution < 1.29 is 9.59 Å². The Morgan fingerprint density at radius 3 is 1.55 bits per heavy atom. The third-order valence-electron chi connectivity index (χ3n) is 6.44. The number of rotatable bonds is 12. The largest absolute Gasteiger partial charge is 0.356 e. The molecule has 0 fully saturated rings. The van der Waals surface area contributed by atoms with E-state index < -0.39 is 0 Å². The molecule has 0 atom stereocenters. The van der Waals surface area contributed by atoms with Crippen LogP contribution in [0.15, 0.2) is 48.5 Å². The maximum atomic E-state index is 12.6. The highest BCUT2D eigenvalue weighted by Crippen LogP contribution is 2.53. The summed E-state index contributed by atoms with van der Waals surface area (Å²) in [6.45, 7) is 5.71. The zero-order valence-electron chi connectivity index (χ0n) is 19.0.